The van der Waals surface area contributed by atoms with Gasteiger partial charge in [-0.1, -0.05) is 43.6 Å². The van der Waals surface area contributed by atoms with E-state index >= 15 is 0 Å². The van der Waals surface area contributed by atoms with Gasteiger partial charge >= 0.3 is 0 Å². The number of aryl methyl sites for hydroxylation is 1. The van der Waals surface area contributed by atoms with Crippen LogP contribution in [0.2, 0.25) is 5.02 Å². The molecule has 1 atom stereocenters. The van der Waals surface area contributed by atoms with Gasteiger partial charge in [-0.3, -0.25) is 4.79 Å². The predicted molar refractivity (Wildman–Crippen MR) is 110 cm³/mol. The standard InChI is InChI=1S/C22H28ClNO3/c1-3-16-26-21-10-6-5-8-17(21)9-7-15-24-22(25)20(4-2)27-19-13-11-18(23)12-14-19/h5-6,8,10-14,20H,3-4,7,9,15-16H2,1-2H3,(H,24,25)/t20-/m0/s1. The lowest BCUT2D eigenvalue weighted by molar-refractivity contribution is -0.128. The second-order valence-corrected chi connectivity index (χ2v) is 6.76. The Morgan fingerprint density at radius 2 is 1.85 bits per heavy atom. The SMILES string of the molecule is CCCOc1ccccc1CCCNC(=O)[C@H](CC)Oc1ccc(Cl)cc1. The van der Waals surface area contributed by atoms with Gasteiger partial charge < -0.3 is 14.8 Å². The molecule has 0 aliphatic heterocycles. The summed E-state index contributed by atoms with van der Waals surface area (Å²) in [6.07, 6.45) is 2.77. The highest BCUT2D eigenvalue weighted by Crippen LogP contribution is 2.20. The summed E-state index contributed by atoms with van der Waals surface area (Å²) in [4.78, 5) is 12.4. The van der Waals surface area contributed by atoms with E-state index in [0.717, 1.165) is 25.0 Å². The predicted octanol–water partition coefficient (Wildman–Crippen LogP) is 5.04. The van der Waals surface area contributed by atoms with E-state index in [2.05, 4.69) is 18.3 Å². The Balaban J connectivity index is 1.78. The van der Waals surface area contributed by atoms with E-state index in [0.29, 0.717) is 30.3 Å². The molecule has 0 radical (unpaired) electrons. The molecule has 0 spiro atoms. The monoisotopic (exact) mass is 389 g/mol. The van der Waals surface area contributed by atoms with Crippen molar-refractivity contribution in [3.8, 4) is 11.5 Å². The molecule has 1 N–H and O–H groups in total. The highest BCUT2D eigenvalue weighted by Gasteiger charge is 2.17. The number of halogens is 1. The van der Waals surface area contributed by atoms with Crippen molar-refractivity contribution in [2.24, 2.45) is 0 Å². The van der Waals surface area contributed by atoms with Gasteiger partial charge in [0.05, 0.1) is 6.61 Å². The maximum absolute atomic E-state index is 12.4. The molecule has 27 heavy (non-hydrogen) atoms. The number of hydrogen-bond acceptors (Lipinski definition) is 3. The summed E-state index contributed by atoms with van der Waals surface area (Å²) in [5.74, 6) is 1.48. The molecular formula is C22H28ClNO3. The number of nitrogens with one attached hydrogen (secondary N) is 1. The Kier molecular flexibility index (Phi) is 8.99. The zero-order chi connectivity index (χ0) is 19.5. The smallest absolute Gasteiger partial charge is 0.261 e. The quantitative estimate of drug-likeness (QED) is 0.548. The maximum Gasteiger partial charge on any atom is 0.261 e. The van der Waals surface area contributed by atoms with Crippen LogP contribution in [0.15, 0.2) is 48.5 Å². The van der Waals surface area contributed by atoms with Crippen molar-refractivity contribution >= 4 is 17.5 Å². The van der Waals surface area contributed by atoms with E-state index in [-0.39, 0.29) is 5.91 Å². The van der Waals surface area contributed by atoms with E-state index in [1.54, 1.807) is 24.3 Å². The van der Waals surface area contributed by atoms with Crippen LogP contribution in [0.5, 0.6) is 11.5 Å². The first kappa shape index (κ1) is 21.1. The van der Waals surface area contributed by atoms with Gasteiger partial charge in [0.1, 0.15) is 11.5 Å². The highest BCUT2D eigenvalue weighted by atomic mass is 35.5. The van der Waals surface area contributed by atoms with Crippen LogP contribution < -0.4 is 14.8 Å². The van der Waals surface area contributed by atoms with Crippen molar-refractivity contribution in [3.63, 3.8) is 0 Å². The van der Waals surface area contributed by atoms with Gasteiger partial charge in [0.15, 0.2) is 6.10 Å². The number of hydrogen-bond donors (Lipinski definition) is 1. The fraction of sp³-hybridized carbons (Fsp3) is 0.409. The van der Waals surface area contributed by atoms with Crippen molar-refractivity contribution in [1.29, 1.82) is 0 Å². The Labute approximate surface area is 166 Å². The van der Waals surface area contributed by atoms with Crippen LogP contribution in [-0.2, 0) is 11.2 Å². The van der Waals surface area contributed by atoms with E-state index in [1.807, 2.05) is 25.1 Å². The van der Waals surface area contributed by atoms with Crippen molar-refractivity contribution < 1.29 is 14.3 Å². The molecule has 0 saturated heterocycles. The van der Waals surface area contributed by atoms with E-state index in [1.165, 1.54) is 5.56 Å². The molecule has 0 unspecified atom stereocenters. The van der Waals surface area contributed by atoms with Crippen molar-refractivity contribution in [1.82, 2.24) is 5.32 Å². The Hall–Kier alpha value is -2.20. The number of carbonyl (C=O) groups excluding carboxylic acids is 1. The summed E-state index contributed by atoms with van der Waals surface area (Å²) in [5, 5.41) is 3.61. The third-order valence-corrected chi connectivity index (χ3v) is 4.36. The van der Waals surface area contributed by atoms with Crippen LogP contribution in [-0.4, -0.2) is 25.2 Å². The van der Waals surface area contributed by atoms with Gasteiger partial charge in [-0.25, -0.2) is 0 Å². The molecule has 4 nitrogen and oxygen atoms in total. The minimum Gasteiger partial charge on any atom is -0.493 e. The number of rotatable bonds is 11. The third-order valence-electron chi connectivity index (χ3n) is 4.11. The summed E-state index contributed by atoms with van der Waals surface area (Å²) >= 11 is 5.87. The second kappa shape index (κ2) is 11.5. The van der Waals surface area contributed by atoms with E-state index in [4.69, 9.17) is 21.1 Å². The number of benzene rings is 2. The summed E-state index contributed by atoms with van der Waals surface area (Å²) < 4.78 is 11.5. The minimum absolute atomic E-state index is 0.0945. The molecule has 5 heteroatoms. The fourth-order valence-corrected chi connectivity index (χ4v) is 2.79. The average Bonchev–Trinajstić information content (AvgIpc) is 2.69. The van der Waals surface area contributed by atoms with Crippen molar-refractivity contribution in [3.05, 3.63) is 59.1 Å². The molecule has 146 valence electrons. The van der Waals surface area contributed by atoms with Crippen LogP contribution in [0.25, 0.3) is 0 Å². The molecule has 0 fully saturated rings. The Bertz CT molecular complexity index is 703. The van der Waals surface area contributed by atoms with Gasteiger partial charge in [-0.15, -0.1) is 0 Å². The summed E-state index contributed by atoms with van der Waals surface area (Å²) in [5.41, 5.74) is 1.17. The lowest BCUT2D eigenvalue weighted by Crippen LogP contribution is -2.38. The lowest BCUT2D eigenvalue weighted by Gasteiger charge is -2.17. The van der Waals surface area contributed by atoms with Gasteiger partial charge in [0, 0.05) is 11.6 Å². The topological polar surface area (TPSA) is 47.6 Å². The number of carbonyl (C=O) groups is 1. The molecule has 1 amide bonds. The van der Waals surface area contributed by atoms with Crippen LogP contribution in [0.3, 0.4) is 0 Å². The molecule has 2 aromatic carbocycles. The highest BCUT2D eigenvalue weighted by molar-refractivity contribution is 6.30. The van der Waals surface area contributed by atoms with Gasteiger partial charge in [0.2, 0.25) is 0 Å². The van der Waals surface area contributed by atoms with E-state index in [9.17, 15) is 4.79 Å². The average molecular weight is 390 g/mol. The zero-order valence-electron chi connectivity index (χ0n) is 16.0. The molecule has 0 heterocycles. The first-order valence-corrected chi connectivity index (χ1v) is 9.92. The molecule has 0 saturated carbocycles. The van der Waals surface area contributed by atoms with Gasteiger partial charge in [0.25, 0.3) is 5.91 Å². The fourth-order valence-electron chi connectivity index (χ4n) is 2.67. The number of para-hydroxylation sites is 1. The first-order valence-electron chi connectivity index (χ1n) is 9.54. The van der Waals surface area contributed by atoms with Gasteiger partial charge in [-0.05, 0) is 61.6 Å². The molecular weight excluding hydrogens is 362 g/mol. The molecule has 0 aliphatic rings. The van der Waals surface area contributed by atoms with Crippen LogP contribution in [0.4, 0.5) is 0 Å². The van der Waals surface area contributed by atoms with Crippen molar-refractivity contribution in [2.45, 2.75) is 45.6 Å². The molecule has 0 bridgehead atoms. The van der Waals surface area contributed by atoms with Crippen LogP contribution >= 0.6 is 11.6 Å². The second-order valence-electron chi connectivity index (χ2n) is 6.32. The summed E-state index contributed by atoms with van der Waals surface area (Å²) in [7, 11) is 0. The van der Waals surface area contributed by atoms with Crippen LogP contribution in [0, 0.1) is 0 Å². The molecule has 2 rings (SSSR count). The number of amides is 1. The Morgan fingerprint density at radius 3 is 2.56 bits per heavy atom. The minimum atomic E-state index is -0.508. The summed E-state index contributed by atoms with van der Waals surface area (Å²) in [6.45, 7) is 5.34. The molecule has 2 aromatic rings. The lowest BCUT2D eigenvalue weighted by atomic mass is 10.1. The normalized spacial score (nSPS) is 11.7. The maximum atomic E-state index is 12.4. The number of ether oxygens (including phenoxy) is 2. The largest absolute Gasteiger partial charge is 0.493 e. The third kappa shape index (κ3) is 7.14. The molecule has 0 aromatic heterocycles. The zero-order valence-corrected chi connectivity index (χ0v) is 16.8. The molecule has 0 aliphatic carbocycles. The first-order chi connectivity index (χ1) is 13.1. The summed E-state index contributed by atoms with van der Waals surface area (Å²) in [6, 6.07) is 15.1. The van der Waals surface area contributed by atoms with Crippen molar-refractivity contribution in [2.75, 3.05) is 13.2 Å². The van der Waals surface area contributed by atoms with Crippen LogP contribution in [0.1, 0.15) is 38.7 Å². The van der Waals surface area contributed by atoms with E-state index < -0.39 is 6.10 Å². The Morgan fingerprint density at radius 1 is 1.11 bits per heavy atom. The van der Waals surface area contributed by atoms with Gasteiger partial charge in [-0.2, -0.15) is 0 Å².